The number of amides is 1. The molecular weight excluding hydrogens is 240 g/mol. The molecule has 1 aliphatic rings. The van der Waals surface area contributed by atoms with E-state index < -0.39 is 0 Å². The van der Waals surface area contributed by atoms with Gasteiger partial charge in [0.2, 0.25) is 5.91 Å². The smallest absolute Gasteiger partial charge is 0.226 e. The van der Waals surface area contributed by atoms with Gasteiger partial charge in [-0.25, -0.2) is 0 Å². The minimum absolute atomic E-state index is 0. The van der Waals surface area contributed by atoms with E-state index in [-0.39, 0.29) is 23.7 Å². The van der Waals surface area contributed by atoms with Gasteiger partial charge in [-0.3, -0.25) is 4.79 Å². The van der Waals surface area contributed by atoms with Crippen LogP contribution in [0.1, 0.15) is 32.6 Å². The zero-order valence-electron chi connectivity index (χ0n) is 10.9. The maximum atomic E-state index is 11.8. The molecule has 0 spiro atoms. The molecule has 0 aromatic rings. The molecule has 0 heterocycles. The summed E-state index contributed by atoms with van der Waals surface area (Å²) in [6.45, 7) is 5.23. The molecule has 0 atom stereocenters. The van der Waals surface area contributed by atoms with Crippen LogP contribution in [0.15, 0.2) is 0 Å². The van der Waals surface area contributed by atoms with Crippen LogP contribution in [0.5, 0.6) is 0 Å². The molecule has 1 fully saturated rings. The van der Waals surface area contributed by atoms with Gasteiger partial charge in [0.05, 0.1) is 6.61 Å². The molecule has 0 radical (unpaired) electrons. The first-order valence-corrected chi connectivity index (χ1v) is 6.23. The van der Waals surface area contributed by atoms with Crippen molar-refractivity contribution in [3.05, 3.63) is 0 Å². The van der Waals surface area contributed by atoms with Crippen LogP contribution in [0.2, 0.25) is 0 Å². The Balaban J connectivity index is 0.00000256. The predicted molar refractivity (Wildman–Crippen MR) is 71.6 cm³/mol. The van der Waals surface area contributed by atoms with E-state index in [1.165, 1.54) is 0 Å². The number of nitrogens with one attached hydrogen (secondary N) is 2. The average molecular weight is 265 g/mol. The van der Waals surface area contributed by atoms with Gasteiger partial charge in [0.1, 0.15) is 0 Å². The number of carbonyl (C=O) groups is 1. The zero-order valence-corrected chi connectivity index (χ0v) is 11.7. The molecule has 17 heavy (non-hydrogen) atoms. The van der Waals surface area contributed by atoms with Crippen molar-refractivity contribution in [3.63, 3.8) is 0 Å². The monoisotopic (exact) mass is 264 g/mol. The van der Waals surface area contributed by atoms with Crippen LogP contribution < -0.4 is 10.6 Å². The Kier molecular flexibility index (Phi) is 8.56. The van der Waals surface area contributed by atoms with E-state index in [2.05, 4.69) is 17.6 Å². The highest BCUT2D eigenvalue weighted by Crippen LogP contribution is 2.49. The van der Waals surface area contributed by atoms with Crippen LogP contribution >= 0.6 is 12.4 Å². The summed E-state index contributed by atoms with van der Waals surface area (Å²) in [6.07, 6.45) is 4.28. The summed E-state index contributed by atoms with van der Waals surface area (Å²) in [5.41, 5.74) is 0.00127. The highest BCUT2D eigenvalue weighted by Gasteiger charge is 2.48. The molecule has 1 rings (SSSR count). The molecule has 5 heteroatoms. The van der Waals surface area contributed by atoms with Crippen LogP contribution in [0.3, 0.4) is 0 Å². The summed E-state index contributed by atoms with van der Waals surface area (Å²) in [5.74, 6) is 0.253. The third-order valence-electron chi connectivity index (χ3n) is 3.13. The van der Waals surface area contributed by atoms with Gasteiger partial charge in [-0.1, -0.05) is 13.3 Å². The molecule has 0 aliphatic heterocycles. The molecule has 4 nitrogen and oxygen atoms in total. The van der Waals surface area contributed by atoms with Crippen LogP contribution in [-0.2, 0) is 9.53 Å². The number of halogens is 1. The number of methoxy groups -OCH3 is 1. The summed E-state index contributed by atoms with van der Waals surface area (Å²) < 4.78 is 4.92. The summed E-state index contributed by atoms with van der Waals surface area (Å²) in [4.78, 5) is 11.8. The van der Waals surface area contributed by atoms with E-state index in [0.717, 1.165) is 38.8 Å². The summed E-state index contributed by atoms with van der Waals surface area (Å²) in [7, 11) is 1.69. The molecule has 1 aliphatic carbocycles. The van der Waals surface area contributed by atoms with Crippen molar-refractivity contribution in [3.8, 4) is 0 Å². The second-order valence-corrected chi connectivity index (χ2v) is 4.53. The molecule has 2 N–H and O–H groups in total. The maximum Gasteiger partial charge on any atom is 0.226 e. The minimum Gasteiger partial charge on any atom is -0.383 e. The van der Waals surface area contributed by atoms with Gasteiger partial charge in [0.15, 0.2) is 0 Å². The van der Waals surface area contributed by atoms with Crippen LogP contribution in [0.25, 0.3) is 0 Å². The molecule has 102 valence electrons. The van der Waals surface area contributed by atoms with Crippen molar-refractivity contribution in [1.82, 2.24) is 10.6 Å². The van der Waals surface area contributed by atoms with Gasteiger partial charge in [0, 0.05) is 32.2 Å². The van der Waals surface area contributed by atoms with Crippen molar-refractivity contribution in [2.45, 2.75) is 32.6 Å². The van der Waals surface area contributed by atoms with Gasteiger partial charge in [0.25, 0.3) is 0 Å². The molecular formula is C12H25ClN2O2. The zero-order chi connectivity index (χ0) is 11.9. The minimum atomic E-state index is 0. The maximum absolute atomic E-state index is 11.8. The van der Waals surface area contributed by atoms with Crippen LogP contribution in [0.4, 0.5) is 0 Å². The highest BCUT2D eigenvalue weighted by molar-refractivity contribution is 5.85. The quantitative estimate of drug-likeness (QED) is 0.618. The molecule has 0 aromatic carbocycles. The molecule has 1 saturated carbocycles. The van der Waals surface area contributed by atoms with Crippen molar-refractivity contribution in [2.24, 2.45) is 5.41 Å². The lowest BCUT2D eigenvalue weighted by molar-refractivity contribution is -0.126. The first kappa shape index (κ1) is 16.7. The van der Waals surface area contributed by atoms with Gasteiger partial charge < -0.3 is 15.4 Å². The number of rotatable bonds is 9. The number of ether oxygens (including phenoxy) is 1. The fraction of sp³-hybridized carbons (Fsp3) is 0.917. The van der Waals surface area contributed by atoms with Crippen LogP contribution in [-0.4, -0.2) is 39.3 Å². The van der Waals surface area contributed by atoms with Crippen molar-refractivity contribution >= 4 is 18.3 Å². The predicted octanol–water partition coefficient (Wildman–Crippen LogP) is 1.34. The number of hydrogen-bond donors (Lipinski definition) is 2. The fourth-order valence-electron chi connectivity index (χ4n) is 1.97. The SMILES string of the molecule is CCCC1(C(=O)NCCNCCOC)CC1.Cl. The fourth-order valence-corrected chi connectivity index (χ4v) is 1.97. The third-order valence-corrected chi connectivity index (χ3v) is 3.13. The van der Waals surface area contributed by atoms with E-state index in [1.54, 1.807) is 7.11 Å². The van der Waals surface area contributed by atoms with Crippen molar-refractivity contribution in [2.75, 3.05) is 33.4 Å². The van der Waals surface area contributed by atoms with E-state index >= 15 is 0 Å². The topological polar surface area (TPSA) is 50.4 Å². The number of carbonyl (C=O) groups excluding carboxylic acids is 1. The van der Waals surface area contributed by atoms with Crippen LogP contribution in [0, 0.1) is 5.41 Å². The Hall–Kier alpha value is -0.320. The standard InChI is InChI=1S/C12H24N2O2.ClH/c1-3-4-12(5-6-12)11(15)14-8-7-13-9-10-16-2;/h13H,3-10H2,1-2H3,(H,14,15);1H. The lowest BCUT2D eigenvalue weighted by Crippen LogP contribution is -2.37. The van der Waals surface area contributed by atoms with E-state index in [9.17, 15) is 4.79 Å². The highest BCUT2D eigenvalue weighted by atomic mass is 35.5. The van der Waals surface area contributed by atoms with E-state index in [4.69, 9.17) is 4.74 Å². The second-order valence-electron chi connectivity index (χ2n) is 4.53. The van der Waals surface area contributed by atoms with Gasteiger partial charge in [-0.2, -0.15) is 0 Å². The molecule has 0 aromatic heterocycles. The summed E-state index contributed by atoms with van der Waals surface area (Å²) in [5, 5.41) is 6.21. The lowest BCUT2D eigenvalue weighted by atomic mass is 10.00. The van der Waals surface area contributed by atoms with Gasteiger partial charge in [-0.05, 0) is 19.3 Å². The van der Waals surface area contributed by atoms with E-state index in [1.807, 2.05) is 0 Å². The Morgan fingerprint density at radius 3 is 2.53 bits per heavy atom. The average Bonchev–Trinajstić information content (AvgIpc) is 3.04. The lowest BCUT2D eigenvalue weighted by Gasteiger charge is -2.14. The normalized spacial score (nSPS) is 16.1. The van der Waals surface area contributed by atoms with Gasteiger partial charge >= 0.3 is 0 Å². The Bertz CT molecular complexity index is 221. The Morgan fingerprint density at radius 1 is 1.29 bits per heavy atom. The summed E-state index contributed by atoms with van der Waals surface area (Å²) in [6, 6.07) is 0. The molecule has 0 saturated heterocycles. The molecule has 0 bridgehead atoms. The Morgan fingerprint density at radius 2 is 2.00 bits per heavy atom. The summed E-state index contributed by atoms with van der Waals surface area (Å²) >= 11 is 0. The number of hydrogen-bond acceptors (Lipinski definition) is 3. The van der Waals surface area contributed by atoms with Crippen molar-refractivity contribution in [1.29, 1.82) is 0 Å². The Labute approximate surface area is 110 Å². The first-order valence-electron chi connectivity index (χ1n) is 6.23. The second kappa shape index (κ2) is 8.72. The third kappa shape index (κ3) is 5.70. The van der Waals surface area contributed by atoms with Crippen molar-refractivity contribution < 1.29 is 9.53 Å². The molecule has 0 unspecified atom stereocenters. The molecule has 1 amide bonds. The van der Waals surface area contributed by atoms with E-state index in [0.29, 0.717) is 13.2 Å². The largest absolute Gasteiger partial charge is 0.383 e. The first-order chi connectivity index (χ1) is 7.75. The van der Waals surface area contributed by atoms with Gasteiger partial charge in [-0.15, -0.1) is 12.4 Å².